The van der Waals surface area contributed by atoms with E-state index in [1.54, 1.807) is 12.4 Å². The molecule has 0 unspecified atom stereocenters. The molecule has 0 aromatic carbocycles. The van der Waals surface area contributed by atoms with Gasteiger partial charge >= 0.3 is 0 Å². The van der Waals surface area contributed by atoms with E-state index in [1.807, 2.05) is 39.1 Å². The van der Waals surface area contributed by atoms with Gasteiger partial charge in [0.05, 0.1) is 10.7 Å². The van der Waals surface area contributed by atoms with Crippen LogP contribution < -0.4 is 5.32 Å². The van der Waals surface area contributed by atoms with Crippen LogP contribution in [-0.4, -0.2) is 32.0 Å². The zero-order valence-corrected chi connectivity index (χ0v) is 14.7. The summed E-state index contributed by atoms with van der Waals surface area (Å²) in [5.74, 6) is 0.815. The fourth-order valence-corrected chi connectivity index (χ4v) is 3.41. The van der Waals surface area contributed by atoms with Crippen molar-refractivity contribution in [3.8, 4) is 11.4 Å². The predicted molar refractivity (Wildman–Crippen MR) is 94.1 cm³/mol. The van der Waals surface area contributed by atoms with Crippen LogP contribution in [0.1, 0.15) is 26.1 Å². The van der Waals surface area contributed by atoms with E-state index >= 15 is 0 Å². The molecular weight excluding hydrogens is 322 g/mol. The highest BCUT2D eigenvalue weighted by molar-refractivity contribution is 7.13. The fourth-order valence-electron chi connectivity index (χ4n) is 2.58. The summed E-state index contributed by atoms with van der Waals surface area (Å²) in [7, 11) is 0. The number of aromatic nitrogens is 4. The first-order valence-electron chi connectivity index (χ1n) is 7.71. The van der Waals surface area contributed by atoms with Gasteiger partial charge in [-0.05, 0) is 32.9 Å². The normalized spacial score (nSPS) is 10.8. The Morgan fingerprint density at radius 3 is 2.67 bits per heavy atom. The Kier molecular flexibility index (Phi) is 4.71. The van der Waals surface area contributed by atoms with Crippen molar-refractivity contribution in [1.29, 1.82) is 0 Å². The maximum atomic E-state index is 12.3. The number of hydrogen-bond acceptors (Lipinski definition) is 5. The Morgan fingerprint density at radius 1 is 1.25 bits per heavy atom. The summed E-state index contributed by atoms with van der Waals surface area (Å²) >= 11 is 1.42. The molecule has 0 spiro atoms. The molecule has 24 heavy (non-hydrogen) atoms. The zero-order chi connectivity index (χ0) is 17.1. The van der Waals surface area contributed by atoms with Crippen molar-refractivity contribution in [2.45, 2.75) is 27.3 Å². The molecule has 0 aliphatic heterocycles. The van der Waals surface area contributed by atoms with Crippen LogP contribution in [-0.2, 0) is 6.54 Å². The van der Waals surface area contributed by atoms with E-state index < -0.39 is 0 Å². The van der Waals surface area contributed by atoms with Crippen LogP contribution in [0.4, 0.5) is 0 Å². The van der Waals surface area contributed by atoms with Crippen LogP contribution in [0.25, 0.3) is 11.4 Å². The number of nitrogens with zero attached hydrogens (tertiary/aromatic N) is 4. The van der Waals surface area contributed by atoms with Crippen molar-refractivity contribution < 1.29 is 4.79 Å². The second-order valence-electron chi connectivity index (χ2n) is 5.51. The summed E-state index contributed by atoms with van der Waals surface area (Å²) in [4.78, 5) is 25.8. The summed E-state index contributed by atoms with van der Waals surface area (Å²) in [5.41, 5.74) is 2.85. The molecule has 1 amide bonds. The molecule has 0 aliphatic rings. The van der Waals surface area contributed by atoms with Gasteiger partial charge in [-0.15, -0.1) is 11.3 Å². The molecule has 7 heteroatoms. The molecule has 6 nitrogen and oxygen atoms in total. The van der Waals surface area contributed by atoms with Gasteiger partial charge in [0.2, 0.25) is 0 Å². The highest BCUT2D eigenvalue weighted by Gasteiger charge is 2.14. The minimum atomic E-state index is -0.0682. The van der Waals surface area contributed by atoms with E-state index in [9.17, 15) is 4.79 Å². The van der Waals surface area contributed by atoms with Crippen molar-refractivity contribution in [2.24, 2.45) is 0 Å². The summed E-state index contributed by atoms with van der Waals surface area (Å²) in [6, 6.07) is 3.86. The summed E-state index contributed by atoms with van der Waals surface area (Å²) in [6.45, 7) is 6.97. The third-order valence-electron chi connectivity index (χ3n) is 3.72. The number of rotatable bonds is 5. The molecule has 0 atom stereocenters. The van der Waals surface area contributed by atoms with Gasteiger partial charge in [0.15, 0.2) is 0 Å². The van der Waals surface area contributed by atoms with Gasteiger partial charge in [0, 0.05) is 42.9 Å². The van der Waals surface area contributed by atoms with E-state index in [0.717, 1.165) is 27.8 Å². The monoisotopic (exact) mass is 341 g/mol. The lowest BCUT2D eigenvalue weighted by Gasteiger charge is -2.11. The number of hydrogen-bond donors (Lipinski definition) is 1. The Labute approximate surface area is 144 Å². The van der Waals surface area contributed by atoms with Crippen LogP contribution in [0.5, 0.6) is 0 Å². The standard InChI is InChI=1S/C17H19N5OS/c1-11-10-20-16(14-4-6-18-7-5-14)22(11)9-8-19-17(23)15-12(2)21-13(3)24-15/h4-7,10H,8-9H2,1-3H3,(H,19,23). The number of aryl methyl sites for hydroxylation is 3. The van der Waals surface area contributed by atoms with Gasteiger partial charge in [0.25, 0.3) is 5.91 Å². The predicted octanol–water partition coefficient (Wildman–Crippen LogP) is 2.76. The van der Waals surface area contributed by atoms with Crippen molar-refractivity contribution in [2.75, 3.05) is 6.54 Å². The Morgan fingerprint density at radius 2 is 2.00 bits per heavy atom. The van der Waals surface area contributed by atoms with Crippen LogP contribution in [0, 0.1) is 20.8 Å². The third kappa shape index (κ3) is 3.35. The van der Waals surface area contributed by atoms with Crippen molar-refractivity contribution in [1.82, 2.24) is 24.8 Å². The van der Waals surface area contributed by atoms with Crippen LogP contribution in [0.15, 0.2) is 30.7 Å². The molecule has 0 aliphatic carbocycles. The van der Waals surface area contributed by atoms with Crippen LogP contribution in [0.2, 0.25) is 0 Å². The molecule has 0 radical (unpaired) electrons. The Balaban J connectivity index is 1.68. The highest BCUT2D eigenvalue weighted by atomic mass is 32.1. The molecule has 124 valence electrons. The highest BCUT2D eigenvalue weighted by Crippen LogP contribution is 2.19. The van der Waals surface area contributed by atoms with Gasteiger partial charge < -0.3 is 9.88 Å². The molecule has 3 aromatic heterocycles. The molecule has 0 saturated heterocycles. The summed E-state index contributed by atoms with van der Waals surface area (Å²) in [5, 5.41) is 3.87. The SMILES string of the molecule is Cc1nc(C)c(C(=O)NCCn2c(C)cnc2-c2ccncc2)s1. The van der Waals surface area contributed by atoms with Crippen LogP contribution in [0.3, 0.4) is 0 Å². The third-order valence-corrected chi connectivity index (χ3v) is 4.80. The average Bonchev–Trinajstić information content (AvgIpc) is 3.10. The second kappa shape index (κ2) is 6.92. The van der Waals surface area contributed by atoms with E-state index in [0.29, 0.717) is 18.0 Å². The molecular formula is C17H19N5OS. The number of amides is 1. The minimum absolute atomic E-state index is 0.0682. The lowest BCUT2D eigenvalue weighted by molar-refractivity contribution is 0.0955. The lowest BCUT2D eigenvalue weighted by atomic mass is 10.2. The second-order valence-corrected chi connectivity index (χ2v) is 6.72. The number of imidazole rings is 1. The smallest absolute Gasteiger partial charge is 0.263 e. The molecule has 3 rings (SSSR count). The van der Waals surface area contributed by atoms with Crippen molar-refractivity contribution in [3.05, 3.63) is 52.0 Å². The van der Waals surface area contributed by atoms with E-state index in [2.05, 4.69) is 24.8 Å². The number of thiazole rings is 1. The lowest BCUT2D eigenvalue weighted by Crippen LogP contribution is -2.27. The first-order valence-corrected chi connectivity index (χ1v) is 8.52. The molecule has 0 saturated carbocycles. The molecule has 3 aromatic rings. The Bertz CT molecular complexity index is 853. The molecule has 0 fully saturated rings. The maximum absolute atomic E-state index is 12.3. The molecule has 0 bridgehead atoms. The fraction of sp³-hybridized carbons (Fsp3) is 0.294. The summed E-state index contributed by atoms with van der Waals surface area (Å²) < 4.78 is 2.10. The van der Waals surface area contributed by atoms with Crippen LogP contribution >= 0.6 is 11.3 Å². The van der Waals surface area contributed by atoms with Gasteiger partial charge in [-0.1, -0.05) is 0 Å². The van der Waals surface area contributed by atoms with Gasteiger partial charge in [-0.2, -0.15) is 0 Å². The number of pyridine rings is 1. The van der Waals surface area contributed by atoms with Crippen molar-refractivity contribution in [3.63, 3.8) is 0 Å². The number of carbonyl (C=O) groups is 1. The molecule has 3 heterocycles. The summed E-state index contributed by atoms with van der Waals surface area (Å²) in [6.07, 6.45) is 5.34. The molecule has 1 N–H and O–H groups in total. The largest absolute Gasteiger partial charge is 0.349 e. The first kappa shape index (κ1) is 16.3. The maximum Gasteiger partial charge on any atom is 0.263 e. The quantitative estimate of drug-likeness (QED) is 0.774. The van der Waals surface area contributed by atoms with E-state index in [4.69, 9.17) is 0 Å². The minimum Gasteiger partial charge on any atom is -0.349 e. The van der Waals surface area contributed by atoms with E-state index in [1.165, 1.54) is 11.3 Å². The zero-order valence-electron chi connectivity index (χ0n) is 13.9. The van der Waals surface area contributed by atoms with Gasteiger partial charge in [-0.25, -0.2) is 9.97 Å². The van der Waals surface area contributed by atoms with Gasteiger partial charge in [0.1, 0.15) is 10.7 Å². The number of nitrogens with one attached hydrogen (secondary N) is 1. The Hall–Kier alpha value is -2.54. The van der Waals surface area contributed by atoms with Crippen molar-refractivity contribution >= 4 is 17.2 Å². The van der Waals surface area contributed by atoms with E-state index in [-0.39, 0.29) is 5.91 Å². The topological polar surface area (TPSA) is 72.7 Å². The van der Waals surface area contributed by atoms with Gasteiger partial charge in [-0.3, -0.25) is 9.78 Å². The first-order chi connectivity index (χ1) is 11.6. The average molecular weight is 341 g/mol. The number of carbonyl (C=O) groups excluding carboxylic acids is 1.